The first-order valence-electron chi connectivity index (χ1n) is 4.40. The maximum Gasteiger partial charge on any atom is 0.536 e. The molecule has 1 aromatic rings. The molecular weight excluding hydrogens is 212 g/mol. The molecule has 0 aromatic heterocycles. The van der Waals surface area contributed by atoms with Crippen LogP contribution in [-0.4, -0.2) is 30.1 Å². The number of hydrogen-bond acceptors (Lipinski definition) is 5. The minimum Gasteiger partial charge on any atom is -0.397 e. The van der Waals surface area contributed by atoms with Crippen LogP contribution in [0.1, 0.15) is 0 Å². The van der Waals surface area contributed by atoms with E-state index in [1.807, 2.05) is 0 Å². The molecule has 84 valence electrons. The minimum absolute atomic E-state index is 0.496. The van der Waals surface area contributed by atoms with Gasteiger partial charge in [0.2, 0.25) is 0 Å². The van der Waals surface area contributed by atoms with Crippen molar-refractivity contribution in [2.75, 3.05) is 32.8 Å². The lowest BCUT2D eigenvalue weighted by Gasteiger charge is -2.24. The molecule has 4 N–H and O–H groups in total. The van der Waals surface area contributed by atoms with Crippen molar-refractivity contribution in [2.24, 2.45) is 0 Å². The third kappa shape index (κ3) is 2.12. The number of anilines is 2. The summed E-state index contributed by atoms with van der Waals surface area (Å²) >= 11 is 0. The van der Waals surface area contributed by atoms with E-state index in [-0.39, 0.29) is 0 Å². The Hall–Kier alpha value is -1.08. The molecule has 5 nitrogen and oxygen atoms in total. The zero-order valence-corrected chi connectivity index (χ0v) is 10.1. The molecule has 0 heterocycles. The fourth-order valence-corrected chi connectivity index (χ4v) is 3.20. The van der Waals surface area contributed by atoms with Gasteiger partial charge in [0.1, 0.15) is 0 Å². The topological polar surface area (TPSA) is 79.7 Å². The van der Waals surface area contributed by atoms with Crippen molar-refractivity contribution in [1.29, 1.82) is 0 Å². The van der Waals surface area contributed by atoms with Crippen LogP contribution >= 0.6 is 0 Å². The Morgan fingerprint density at radius 2 is 1.47 bits per heavy atom. The average molecular weight is 228 g/mol. The molecule has 0 fully saturated rings. The molecule has 0 amide bonds. The molecule has 1 aromatic carbocycles. The standard InChI is InChI=1S/C9H16N2O3Si/c1-12-15(13-2,14-3)7-4-5-8(10)9(11)6-7/h4-6H,10-11H2,1-3H3. The largest absolute Gasteiger partial charge is 0.536 e. The fourth-order valence-electron chi connectivity index (χ4n) is 1.37. The number of benzene rings is 1. The second-order valence-corrected chi connectivity index (χ2v) is 5.93. The van der Waals surface area contributed by atoms with E-state index in [0.717, 1.165) is 5.19 Å². The number of nitrogens with two attached hydrogens (primary N) is 2. The Morgan fingerprint density at radius 3 is 1.87 bits per heavy atom. The summed E-state index contributed by atoms with van der Waals surface area (Å²) in [7, 11) is 1.86. The first-order valence-corrected chi connectivity index (χ1v) is 6.13. The second kappa shape index (κ2) is 4.62. The van der Waals surface area contributed by atoms with Crippen molar-refractivity contribution < 1.29 is 13.3 Å². The predicted octanol–water partition coefficient (Wildman–Crippen LogP) is -0.0639. The molecule has 0 saturated carbocycles. The summed E-state index contributed by atoms with van der Waals surface area (Å²) < 4.78 is 15.9. The van der Waals surface area contributed by atoms with Crippen LogP contribution in [0.4, 0.5) is 11.4 Å². The predicted molar refractivity (Wildman–Crippen MR) is 61.7 cm³/mol. The Morgan fingerprint density at radius 1 is 0.933 bits per heavy atom. The summed E-state index contributed by atoms with van der Waals surface area (Å²) in [5.41, 5.74) is 12.4. The normalized spacial score (nSPS) is 11.7. The van der Waals surface area contributed by atoms with Crippen LogP contribution in [0.2, 0.25) is 0 Å². The van der Waals surface area contributed by atoms with Crippen LogP contribution in [0.25, 0.3) is 0 Å². The molecule has 0 aliphatic rings. The number of hydrogen-bond donors (Lipinski definition) is 2. The first-order chi connectivity index (χ1) is 7.09. The highest BCUT2D eigenvalue weighted by atomic mass is 28.4. The maximum absolute atomic E-state index is 5.71. The second-order valence-electron chi connectivity index (χ2n) is 3.01. The summed E-state index contributed by atoms with van der Waals surface area (Å²) in [5, 5.41) is 0.793. The van der Waals surface area contributed by atoms with Gasteiger partial charge in [0.25, 0.3) is 0 Å². The Kier molecular flexibility index (Phi) is 3.70. The molecule has 6 heteroatoms. The van der Waals surface area contributed by atoms with Gasteiger partial charge in [-0.3, -0.25) is 0 Å². The van der Waals surface area contributed by atoms with E-state index in [2.05, 4.69) is 0 Å². The quantitative estimate of drug-likeness (QED) is 0.557. The van der Waals surface area contributed by atoms with Gasteiger partial charge >= 0.3 is 8.80 Å². The van der Waals surface area contributed by atoms with Crippen molar-refractivity contribution in [2.45, 2.75) is 0 Å². The van der Waals surface area contributed by atoms with Crippen LogP contribution in [0.5, 0.6) is 0 Å². The van der Waals surface area contributed by atoms with Crippen molar-refractivity contribution >= 4 is 25.4 Å². The molecule has 0 aliphatic heterocycles. The van der Waals surface area contributed by atoms with Gasteiger partial charge in [0.05, 0.1) is 11.4 Å². The highest BCUT2D eigenvalue weighted by Crippen LogP contribution is 2.15. The third-order valence-electron chi connectivity index (χ3n) is 2.25. The van der Waals surface area contributed by atoms with Gasteiger partial charge in [-0.1, -0.05) is 6.07 Å². The van der Waals surface area contributed by atoms with Gasteiger partial charge in [-0.2, -0.15) is 0 Å². The van der Waals surface area contributed by atoms with E-state index in [1.165, 1.54) is 0 Å². The van der Waals surface area contributed by atoms with Crippen LogP contribution in [0, 0.1) is 0 Å². The van der Waals surface area contributed by atoms with E-state index in [0.29, 0.717) is 11.4 Å². The lowest BCUT2D eigenvalue weighted by Crippen LogP contribution is -2.54. The van der Waals surface area contributed by atoms with Crippen LogP contribution < -0.4 is 16.7 Å². The Bertz CT molecular complexity index is 334. The van der Waals surface area contributed by atoms with Gasteiger partial charge < -0.3 is 24.7 Å². The van der Waals surface area contributed by atoms with Gasteiger partial charge in [0, 0.05) is 26.5 Å². The Labute approximate surface area is 90.3 Å². The van der Waals surface area contributed by atoms with Crippen molar-refractivity contribution in [3.63, 3.8) is 0 Å². The van der Waals surface area contributed by atoms with Gasteiger partial charge in [0.15, 0.2) is 0 Å². The van der Waals surface area contributed by atoms with Crippen molar-refractivity contribution in [3.8, 4) is 0 Å². The summed E-state index contributed by atoms with van der Waals surface area (Å²) in [5.74, 6) is 0. The zero-order chi connectivity index (χ0) is 11.5. The zero-order valence-electron chi connectivity index (χ0n) is 9.11. The van der Waals surface area contributed by atoms with Gasteiger partial charge in [-0.05, 0) is 12.1 Å². The number of nitrogen functional groups attached to an aromatic ring is 2. The fraction of sp³-hybridized carbons (Fsp3) is 0.333. The van der Waals surface area contributed by atoms with E-state index in [4.69, 9.17) is 24.7 Å². The summed E-state index contributed by atoms with van der Waals surface area (Å²) in [6.07, 6.45) is 0. The molecule has 15 heavy (non-hydrogen) atoms. The van der Waals surface area contributed by atoms with Crippen LogP contribution in [0.3, 0.4) is 0 Å². The SMILES string of the molecule is CO[Si](OC)(OC)c1ccc(N)c(N)c1. The number of rotatable bonds is 4. The minimum atomic E-state index is -2.78. The molecule has 0 bridgehead atoms. The average Bonchev–Trinajstić information content (AvgIpc) is 2.26. The summed E-state index contributed by atoms with van der Waals surface area (Å²) in [4.78, 5) is 0. The van der Waals surface area contributed by atoms with E-state index >= 15 is 0 Å². The highest BCUT2D eigenvalue weighted by molar-refractivity contribution is 6.75. The highest BCUT2D eigenvalue weighted by Gasteiger charge is 2.40. The first kappa shape index (κ1) is 12.0. The summed E-state index contributed by atoms with van der Waals surface area (Å²) in [6, 6.07) is 5.23. The monoisotopic (exact) mass is 228 g/mol. The van der Waals surface area contributed by atoms with Crippen molar-refractivity contribution in [3.05, 3.63) is 18.2 Å². The van der Waals surface area contributed by atoms with E-state index in [1.54, 1.807) is 39.5 Å². The van der Waals surface area contributed by atoms with Crippen LogP contribution in [0.15, 0.2) is 18.2 Å². The lowest BCUT2D eigenvalue weighted by atomic mass is 10.3. The van der Waals surface area contributed by atoms with Gasteiger partial charge in [-0.15, -0.1) is 0 Å². The molecule has 0 unspecified atom stereocenters. The third-order valence-corrected chi connectivity index (χ3v) is 4.88. The molecular formula is C9H16N2O3Si. The molecule has 1 rings (SSSR count). The molecule has 0 saturated heterocycles. The van der Waals surface area contributed by atoms with Crippen molar-refractivity contribution in [1.82, 2.24) is 0 Å². The maximum atomic E-state index is 5.71. The lowest BCUT2D eigenvalue weighted by molar-refractivity contribution is 0.140. The van der Waals surface area contributed by atoms with E-state index < -0.39 is 8.80 Å². The smallest absolute Gasteiger partial charge is 0.397 e. The Balaban J connectivity index is 3.17. The molecule has 0 radical (unpaired) electrons. The van der Waals surface area contributed by atoms with Gasteiger partial charge in [-0.25, -0.2) is 0 Å². The molecule has 0 aliphatic carbocycles. The molecule has 0 atom stereocenters. The van der Waals surface area contributed by atoms with E-state index in [9.17, 15) is 0 Å². The van der Waals surface area contributed by atoms with Crippen LogP contribution in [-0.2, 0) is 13.3 Å². The molecule has 0 spiro atoms. The summed E-state index contributed by atoms with van der Waals surface area (Å²) in [6.45, 7) is 0.